The lowest BCUT2D eigenvalue weighted by Gasteiger charge is -2.24. The second-order valence-electron chi connectivity index (χ2n) is 18.6. The van der Waals surface area contributed by atoms with E-state index in [9.17, 15) is 0 Å². The molecule has 9 aromatic carbocycles. The van der Waals surface area contributed by atoms with Gasteiger partial charge in [-0.05, 0) is 139 Å². The first kappa shape index (κ1) is 33.4. The van der Waals surface area contributed by atoms with E-state index < -0.39 is 0 Å². The Balaban J connectivity index is 0.998. The van der Waals surface area contributed by atoms with Gasteiger partial charge in [0.05, 0.1) is 0 Å². The molecule has 0 atom stereocenters. The molecule has 0 nitrogen and oxygen atoms in total. The first-order chi connectivity index (χ1) is 26.9. The van der Waals surface area contributed by atoms with Gasteiger partial charge in [-0.15, -0.1) is 0 Å². The van der Waals surface area contributed by atoms with Crippen LogP contribution in [-0.4, -0.2) is 0 Å². The van der Waals surface area contributed by atoms with Crippen molar-refractivity contribution in [2.24, 2.45) is 0 Å². The molecule has 2 aliphatic carbocycles. The van der Waals surface area contributed by atoms with Crippen molar-refractivity contribution in [3.63, 3.8) is 0 Å². The zero-order valence-electron chi connectivity index (χ0n) is 33.4. The van der Waals surface area contributed by atoms with E-state index in [0.717, 1.165) is 0 Å². The van der Waals surface area contributed by atoms with Crippen LogP contribution in [0.3, 0.4) is 0 Å². The van der Waals surface area contributed by atoms with Crippen molar-refractivity contribution >= 4 is 32.3 Å². The van der Waals surface area contributed by atoms with Gasteiger partial charge in [-0.1, -0.05) is 182 Å². The van der Waals surface area contributed by atoms with Crippen LogP contribution in [0.25, 0.3) is 88.0 Å². The SMILES string of the molecule is CC(C)(C)c1cc2ccc3ccc(-c4ccccc4-c4ccc5c(c4)C(C)(C)c4cc(-c6ccc7c(c6)C(C)(C)c6ccccc6-7)ccc4-5)c4ccc(c1)c2c34. The van der Waals surface area contributed by atoms with Gasteiger partial charge in [-0.2, -0.15) is 0 Å². The summed E-state index contributed by atoms with van der Waals surface area (Å²) in [5.41, 5.74) is 20.1. The van der Waals surface area contributed by atoms with Crippen LogP contribution < -0.4 is 0 Å². The molecular formula is C56H46. The molecule has 11 rings (SSSR count). The van der Waals surface area contributed by atoms with Gasteiger partial charge >= 0.3 is 0 Å². The largest absolute Gasteiger partial charge is 0.0619 e. The Hall–Kier alpha value is -5.98. The van der Waals surface area contributed by atoms with E-state index in [0.29, 0.717) is 0 Å². The number of rotatable bonds is 3. The molecule has 2 aliphatic rings. The number of benzene rings is 9. The molecule has 270 valence electrons. The number of hydrogen-bond donors (Lipinski definition) is 0. The lowest BCUT2D eigenvalue weighted by atomic mass is 9.79. The molecule has 0 radical (unpaired) electrons. The van der Waals surface area contributed by atoms with E-state index >= 15 is 0 Å². The fraction of sp³-hybridized carbons (Fsp3) is 0.179. The molecule has 0 saturated heterocycles. The Morgan fingerprint density at radius 1 is 0.339 bits per heavy atom. The van der Waals surface area contributed by atoms with E-state index in [2.05, 4.69) is 200 Å². The van der Waals surface area contributed by atoms with Gasteiger partial charge in [0.25, 0.3) is 0 Å². The molecule has 0 heteroatoms. The second kappa shape index (κ2) is 11.3. The third-order valence-corrected chi connectivity index (χ3v) is 13.6. The highest BCUT2D eigenvalue weighted by Gasteiger charge is 2.37. The Morgan fingerprint density at radius 2 is 0.786 bits per heavy atom. The average molecular weight is 719 g/mol. The molecular weight excluding hydrogens is 673 g/mol. The molecule has 0 fully saturated rings. The molecule has 0 amide bonds. The normalized spacial score (nSPS) is 15.0. The van der Waals surface area contributed by atoms with E-state index in [1.165, 1.54) is 116 Å². The monoisotopic (exact) mass is 718 g/mol. The smallest absolute Gasteiger partial charge is 0.0159 e. The Bertz CT molecular complexity index is 3090. The Morgan fingerprint density at radius 3 is 1.41 bits per heavy atom. The van der Waals surface area contributed by atoms with Crippen LogP contribution in [0, 0.1) is 0 Å². The minimum Gasteiger partial charge on any atom is -0.0619 e. The summed E-state index contributed by atoms with van der Waals surface area (Å²) in [6, 6.07) is 58.2. The van der Waals surface area contributed by atoms with Gasteiger partial charge in [0.15, 0.2) is 0 Å². The van der Waals surface area contributed by atoms with Crippen molar-refractivity contribution in [3.05, 3.63) is 179 Å². The molecule has 0 spiro atoms. The van der Waals surface area contributed by atoms with Gasteiger partial charge in [0.1, 0.15) is 0 Å². The van der Waals surface area contributed by atoms with Crippen LogP contribution in [0.4, 0.5) is 0 Å². The maximum absolute atomic E-state index is 2.48. The molecule has 0 unspecified atom stereocenters. The first-order valence-corrected chi connectivity index (χ1v) is 20.3. The van der Waals surface area contributed by atoms with Gasteiger partial charge in [-0.25, -0.2) is 0 Å². The molecule has 0 bridgehead atoms. The average Bonchev–Trinajstić information content (AvgIpc) is 3.57. The maximum Gasteiger partial charge on any atom is 0.0159 e. The van der Waals surface area contributed by atoms with E-state index in [-0.39, 0.29) is 16.2 Å². The highest BCUT2D eigenvalue weighted by atomic mass is 14.4. The predicted octanol–water partition coefficient (Wildman–Crippen LogP) is 15.5. The lowest BCUT2D eigenvalue weighted by Crippen LogP contribution is -2.15. The van der Waals surface area contributed by atoms with Crippen molar-refractivity contribution in [1.29, 1.82) is 0 Å². The Labute approximate surface area is 330 Å². The van der Waals surface area contributed by atoms with Crippen molar-refractivity contribution < 1.29 is 0 Å². The number of fused-ring (bicyclic) bond motifs is 6. The highest BCUT2D eigenvalue weighted by Crippen LogP contribution is 2.53. The summed E-state index contributed by atoms with van der Waals surface area (Å²) in [4.78, 5) is 0. The second-order valence-corrected chi connectivity index (χ2v) is 18.6. The predicted molar refractivity (Wildman–Crippen MR) is 240 cm³/mol. The summed E-state index contributed by atoms with van der Waals surface area (Å²) >= 11 is 0. The van der Waals surface area contributed by atoms with E-state index in [1.807, 2.05) is 0 Å². The summed E-state index contributed by atoms with van der Waals surface area (Å²) < 4.78 is 0. The summed E-state index contributed by atoms with van der Waals surface area (Å²) in [5.74, 6) is 0. The van der Waals surface area contributed by atoms with E-state index in [1.54, 1.807) is 0 Å². The van der Waals surface area contributed by atoms with Crippen LogP contribution in [0.15, 0.2) is 152 Å². The number of hydrogen-bond acceptors (Lipinski definition) is 0. The van der Waals surface area contributed by atoms with Crippen molar-refractivity contribution in [1.82, 2.24) is 0 Å². The van der Waals surface area contributed by atoms with Gasteiger partial charge in [0, 0.05) is 10.8 Å². The van der Waals surface area contributed by atoms with Crippen LogP contribution in [-0.2, 0) is 16.2 Å². The van der Waals surface area contributed by atoms with Crippen molar-refractivity contribution in [2.75, 3.05) is 0 Å². The van der Waals surface area contributed by atoms with Crippen LogP contribution >= 0.6 is 0 Å². The van der Waals surface area contributed by atoms with Crippen LogP contribution in [0.5, 0.6) is 0 Å². The minimum absolute atomic E-state index is 0.0192. The third-order valence-electron chi connectivity index (χ3n) is 13.6. The quantitative estimate of drug-likeness (QED) is 0.160. The fourth-order valence-corrected chi connectivity index (χ4v) is 10.4. The molecule has 0 saturated carbocycles. The van der Waals surface area contributed by atoms with Crippen molar-refractivity contribution in [3.8, 4) is 55.6 Å². The molecule has 0 N–H and O–H groups in total. The molecule has 0 aliphatic heterocycles. The highest BCUT2D eigenvalue weighted by molar-refractivity contribution is 6.26. The van der Waals surface area contributed by atoms with Gasteiger partial charge < -0.3 is 0 Å². The minimum atomic E-state index is -0.142. The summed E-state index contributed by atoms with van der Waals surface area (Å²) in [6.45, 7) is 16.5. The topological polar surface area (TPSA) is 0 Å². The Kier molecular flexibility index (Phi) is 6.73. The molecule has 0 heterocycles. The summed E-state index contributed by atoms with van der Waals surface area (Å²) in [7, 11) is 0. The van der Waals surface area contributed by atoms with Crippen LogP contribution in [0.2, 0.25) is 0 Å². The molecule has 9 aromatic rings. The van der Waals surface area contributed by atoms with Crippen LogP contribution in [0.1, 0.15) is 76.3 Å². The standard InChI is InChI=1S/C56H46/c1-54(2,3)39-28-37-17-16-33-18-23-42(47-27-22-38(29-39)52(37)53(33)47)41-13-9-8-12-40(41)36-21-26-46-45-25-20-35(31-50(45)56(6,7)51(46)32-36)34-19-24-44-43-14-10-11-15-48(43)55(4,5)49(44)30-34/h8-32H,1-7H3. The zero-order chi connectivity index (χ0) is 38.3. The third kappa shape index (κ3) is 4.59. The zero-order valence-corrected chi connectivity index (χ0v) is 33.4. The lowest BCUT2D eigenvalue weighted by molar-refractivity contribution is 0.591. The summed E-state index contributed by atoms with van der Waals surface area (Å²) in [5, 5.41) is 8.00. The molecule has 56 heavy (non-hydrogen) atoms. The van der Waals surface area contributed by atoms with Gasteiger partial charge in [0.2, 0.25) is 0 Å². The fourth-order valence-electron chi connectivity index (χ4n) is 10.4. The first-order valence-electron chi connectivity index (χ1n) is 20.3. The maximum atomic E-state index is 2.48. The molecule has 0 aromatic heterocycles. The van der Waals surface area contributed by atoms with E-state index in [4.69, 9.17) is 0 Å². The summed E-state index contributed by atoms with van der Waals surface area (Å²) in [6.07, 6.45) is 0. The van der Waals surface area contributed by atoms with Gasteiger partial charge in [-0.3, -0.25) is 0 Å². The van der Waals surface area contributed by atoms with Crippen molar-refractivity contribution in [2.45, 2.75) is 64.7 Å².